The van der Waals surface area contributed by atoms with E-state index in [2.05, 4.69) is 5.92 Å². The highest BCUT2D eigenvalue weighted by atomic mass is 16.3. The van der Waals surface area contributed by atoms with Crippen LogP contribution in [0.25, 0.3) is 0 Å². The van der Waals surface area contributed by atoms with E-state index in [1.807, 2.05) is 6.92 Å². The Balaban J connectivity index is 3.59. The normalized spacial score (nSPS) is 16.2. The minimum absolute atomic E-state index is 0.459. The van der Waals surface area contributed by atoms with Crippen LogP contribution in [0.1, 0.15) is 33.1 Å². The van der Waals surface area contributed by atoms with E-state index < -0.39 is 5.60 Å². The number of hydrogen-bond acceptors (Lipinski definition) is 1. The van der Waals surface area contributed by atoms with E-state index in [1.165, 1.54) is 0 Å². The molecule has 1 unspecified atom stereocenters. The van der Waals surface area contributed by atoms with Crippen LogP contribution in [0.4, 0.5) is 0 Å². The summed E-state index contributed by atoms with van der Waals surface area (Å²) < 4.78 is 0. The van der Waals surface area contributed by atoms with Gasteiger partial charge >= 0.3 is 0 Å². The standard InChI is InChI=1S/C8H14O/c1-4-6-8(3,9)7-5-2/h1,9H,5-7H2,2-3H3. The first-order valence-electron chi connectivity index (χ1n) is 3.28. The Hall–Kier alpha value is -0.480. The Morgan fingerprint density at radius 2 is 2.22 bits per heavy atom. The van der Waals surface area contributed by atoms with Gasteiger partial charge in [-0.15, -0.1) is 12.3 Å². The molecule has 0 aromatic carbocycles. The summed E-state index contributed by atoms with van der Waals surface area (Å²) in [7, 11) is 0. The fourth-order valence-corrected chi connectivity index (χ4v) is 0.847. The first-order chi connectivity index (χ1) is 4.12. The third-order valence-electron chi connectivity index (χ3n) is 1.27. The summed E-state index contributed by atoms with van der Waals surface area (Å²) in [5, 5.41) is 9.37. The first kappa shape index (κ1) is 8.52. The van der Waals surface area contributed by atoms with E-state index in [1.54, 1.807) is 6.92 Å². The van der Waals surface area contributed by atoms with Gasteiger partial charge in [0.05, 0.1) is 5.60 Å². The van der Waals surface area contributed by atoms with Crippen LogP contribution in [-0.4, -0.2) is 10.7 Å². The molecular formula is C8H14O. The SMILES string of the molecule is C#CCC(C)(O)CCC. The molecule has 0 aliphatic heterocycles. The highest BCUT2D eigenvalue weighted by molar-refractivity contribution is 4.92. The molecule has 0 saturated heterocycles. The number of aliphatic hydroxyl groups is 1. The lowest BCUT2D eigenvalue weighted by molar-refractivity contribution is 0.0555. The fraction of sp³-hybridized carbons (Fsp3) is 0.750. The molecule has 0 rings (SSSR count). The zero-order valence-electron chi connectivity index (χ0n) is 6.15. The second-order valence-electron chi connectivity index (χ2n) is 2.63. The molecule has 1 heteroatoms. The quantitative estimate of drug-likeness (QED) is 0.569. The fourth-order valence-electron chi connectivity index (χ4n) is 0.847. The lowest BCUT2D eigenvalue weighted by atomic mass is 9.97. The van der Waals surface area contributed by atoms with E-state index in [0.717, 1.165) is 12.8 Å². The molecule has 0 heterocycles. The van der Waals surface area contributed by atoms with Gasteiger partial charge in [-0.25, -0.2) is 0 Å². The predicted molar refractivity (Wildman–Crippen MR) is 39.0 cm³/mol. The Morgan fingerprint density at radius 3 is 2.56 bits per heavy atom. The van der Waals surface area contributed by atoms with Crippen molar-refractivity contribution in [3.8, 4) is 12.3 Å². The van der Waals surface area contributed by atoms with Crippen LogP contribution in [0, 0.1) is 12.3 Å². The zero-order valence-corrected chi connectivity index (χ0v) is 6.15. The molecule has 0 aromatic rings. The molecule has 0 spiro atoms. The van der Waals surface area contributed by atoms with Gasteiger partial charge in [-0.1, -0.05) is 13.3 Å². The second-order valence-corrected chi connectivity index (χ2v) is 2.63. The molecule has 0 radical (unpaired) electrons. The van der Waals surface area contributed by atoms with Crippen molar-refractivity contribution in [3.63, 3.8) is 0 Å². The number of hydrogen-bond donors (Lipinski definition) is 1. The van der Waals surface area contributed by atoms with Gasteiger partial charge in [-0.2, -0.15) is 0 Å². The summed E-state index contributed by atoms with van der Waals surface area (Å²) in [5.74, 6) is 2.44. The molecule has 0 bridgehead atoms. The van der Waals surface area contributed by atoms with Crippen molar-refractivity contribution in [2.24, 2.45) is 0 Å². The van der Waals surface area contributed by atoms with Gasteiger partial charge in [0, 0.05) is 6.42 Å². The van der Waals surface area contributed by atoms with Crippen molar-refractivity contribution in [1.82, 2.24) is 0 Å². The third kappa shape index (κ3) is 4.05. The predicted octanol–water partition coefficient (Wildman–Crippen LogP) is 1.56. The van der Waals surface area contributed by atoms with E-state index in [9.17, 15) is 5.11 Å². The van der Waals surface area contributed by atoms with Gasteiger partial charge in [0.2, 0.25) is 0 Å². The van der Waals surface area contributed by atoms with Crippen LogP contribution < -0.4 is 0 Å². The van der Waals surface area contributed by atoms with Gasteiger partial charge in [0.15, 0.2) is 0 Å². The summed E-state index contributed by atoms with van der Waals surface area (Å²) in [5.41, 5.74) is -0.635. The van der Waals surface area contributed by atoms with Gasteiger partial charge in [-0.3, -0.25) is 0 Å². The topological polar surface area (TPSA) is 20.2 Å². The first-order valence-corrected chi connectivity index (χ1v) is 3.28. The van der Waals surface area contributed by atoms with Crippen LogP contribution in [0.5, 0.6) is 0 Å². The van der Waals surface area contributed by atoms with Gasteiger partial charge < -0.3 is 5.11 Å². The smallest absolute Gasteiger partial charge is 0.0728 e. The van der Waals surface area contributed by atoms with Gasteiger partial charge in [0.1, 0.15) is 0 Å². The summed E-state index contributed by atoms with van der Waals surface area (Å²) >= 11 is 0. The van der Waals surface area contributed by atoms with Crippen LogP contribution in [0.15, 0.2) is 0 Å². The summed E-state index contributed by atoms with van der Waals surface area (Å²) in [6, 6.07) is 0. The molecule has 0 fully saturated rings. The summed E-state index contributed by atoms with van der Waals surface area (Å²) in [4.78, 5) is 0. The molecule has 1 N–H and O–H groups in total. The minimum atomic E-state index is -0.635. The van der Waals surface area contributed by atoms with Crippen LogP contribution in [0.2, 0.25) is 0 Å². The Kier molecular flexibility index (Phi) is 3.34. The van der Waals surface area contributed by atoms with E-state index in [4.69, 9.17) is 6.42 Å². The highest BCUT2D eigenvalue weighted by Gasteiger charge is 2.16. The number of terminal acetylenes is 1. The van der Waals surface area contributed by atoms with Crippen molar-refractivity contribution in [1.29, 1.82) is 0 Å². The van der Waals surface area contributed by atoms with Crippen molar-refractivity contribution in [2.75, 3.05) is 0 Å². The highest BCUT2D eigenvalue weighted by Crippen LogP contribution is 2.14. The van der Waals surface area contributed by atoms with Crippen LogP contribution in [-0.2, 0) is 0 Å². The molecule has 0 aromatic heterocycles. The lowest BCUT2D eigenvalue weighted by Crippen LogP contribution is -2.22. The molecule has 0 aliphatic carbocycles. The second kappa shape index (κ2) is 3.53. The number of rotatable bonds is 3. The Labute approximate surface area is 57.1 Å². The maximum Gasteiger partial charge on any atom is 0.0728 e. The van der Waals surface area contributed by atoms with Crippen LogP contribution >= 0.6 is 0 Å². The molecule has 0 amide bonds. The van der Waals surface area contributed by atoms with Gasteiger partial charge in [-0.05, 0) is 13.3 Å². The summed E-state index contributed by atoms with van der Waals surface area (Å²) in [6.07, 6.45) is 7.26. The molecule has 0 aliphatic rings. The monoisotopic (exact) mass is 126 g/mol. The molecule has 1 nitrogen and oxygen atoms in total. The Morgan fingerprint density at radius 1 is 1.67 bits per heavy atom. The lowest BCUT2D eigenvalue weighted by Gasteiger charge is -2.18. The molecule has 1 atom stereocenters. The maximum absolute atomic E-state index is 9.37. The minimum Gasteiger partial charge on any atom is -0.389 e. The van der Waals surface area contributed by atoms with Crippen molar-refractivity contribution in [3.05, 3.63) is 0 Å². The average molecular weight is 126 g/mol. The third-order valence-corrected chi connectivity index (χ3v) is 1.27. The molecular weight excluding hydrogens is 112 g/mol. The molecule has 9 heavy (non-hydrogen) atoms. The van der Waals surface area contributed by atoms with Crippen molar-refractivity contribution in [2.45, 2.75) is 38.7 Å². The largest absolute Gasteiger partial charge is 0.389 e. The van der Waals surface area contributed by atoms with E-state index in [0.29, 0.717) is 6.42 Å². The molecule has 0 saturated carbocycles. The average Bonchev–Trinajstić information content (AvgIpc) is 1.64. The maximum atomic E-state index is 9.37. The van der Waals surface area contributed by atoms with Crippen molar-refractivity contribution >= 4 is 0 Å². The van der Waals surface area contributed by atoms with E-state index >= 15 is 0 Å². The molecule has 52 valence electrons. The zero-order chi connectivity index (χ0) is 7.33. The Bertz CT molecular complexity index is 108. The summed E-state index contributed by atoms with van der Waals surface area (Å²) in [6.45, 7) is 3.81. The van der Waals surface area contributed by atoms with Crippen molar-refractivity contribution < 1.29 is 5.11 Å². The van der Waals surface area contributed by atoms with E-state index in [-0.39, 0.29) is 0 Å². The van der Waals surface area contributed by atoms with Gasteiger partial charge in [0.25, 0.3) is 0 Å². The van der Waals surface area contributed by atoms with Crippen LogP contribution in [0.3, 0.4) is 0 Å².